The molecule has 0 radical (unpaired) electrons. The summed E-state index contributed by atoms with van der Waals surface area (Å²) in [7, 11) is 0. The largest absolute Gasteiger partial charge is 0.370 e. The maximum Gasteiger partial charge on any atom is 0.270 e. The van der Waals surface area contributed by atoms with Crippen LogP contribution in [-0.4, -0.2) is 118 Å². The van der Waals surface area contributed by atoms with Gasteiger partial charge in [0.05, 0.1) is 16.6 Å². The molecule has 1 aromatic heterocycles. The average Bonchev–Trinajstić information content (AvgIpc) is 3.28. The molecule has 1 heterocycles. The van der Waals surface area contributed by atoms with Crippen molar-refractivity contribution in [3.63, 3.8) is 0 Å². The Morgan fingerprint density at radius 1 is 0.449 bits per heavy atom. The summed E-state index contributed by atoms with van der Waals surface area (Å²) in [5.41, 5.74) is 33.2. The topological polar surface area (TPSA) is 554 Å². The third-order valence-electron chi connectivity index (χ3n) is 9.01. The Morgan fingerprint density at radius 2 is 0.812 bits per heavy atom. The molecule has 7 unspecified atom stereocenters. The second-order valence-electron chi connectivity index (χ2n) is 14.1. The lowest BCUT2D eigenvalue weighted by Gasteiger charge is -2.28. The van der Waals surface area contributed by atoms with Gasteiger partial charge in [-0.05, 0) is 17.7 Å². The first-order valence-corrected chi connectivity index (χ1v) is 19.7. The summed E-state index contributed by atoms with van der Waals surface area (Å²) in [5, 5.41) is 65.4. The number of guanidine groups is 4. The standard InChI is InChI=1S/C38H48N22O9/c39-21(22(40)61)51-29(64)23(56-35(41)42)53-31(66)25(58-37(45)46)55-32(67)26(59-38(47)48)54-30(65)24(57-36(43)44)52-28(63)20(14-8-2-1-3-9-14)50-33(68)34(69)60-27(62)19-15-10-4-6-12-17(15)49-18-13-7-5-11-16(18)19/h1-13,20-21,23-26,34,69H,39H2,(H2,40,61)(H,50,68)(H,51,64)(H,52,63)(H,53,66)(H,54,65)(H,55,67)(H,60,62)(H4,41,42,56)(H4,43,44,57)(H4,45,46,58)(H4,47,48,59). The summed E-state index contributed by atoms with van der Waals surface area (Å²) in [4.78, 5) is 111. The predicted octanol–water partition coefficient (Wildman–Crippen LogP) is -8.12. The first-order chi connectivity index (χ1) is 32.6. The van der Waals surface area contributed by atoms with Gasteiger partial charge in [-0.2, -0.15) is 0 Å². The molecule has 0 spiro atoms. The first kappa shape index (κ1) is 51.7. The highest BCUT2D eigenvalue weighted by atomic mass is 16.3. The van der Waals surface area contributed by atoms with Crippen LogP contribution in [0.1, 0.15) is 22.0 Å². The van der Waals surface area contributed by atoms with Crippen molar-refractivity contribution in [1.82, 2.24) is 63.5 Å². The monoisotopic (exact) mass is 956 g/mol. The molecule has 0 aliphatic carbocycles. The Balaban J connectivity index is 1.55. The number of nitrogens with zero attached hydrogens (tertiary/aromatic N) is 1. The number of rotatable bonds is 20. The van der Waals surface area contributed by atoms with Crippen molar-refractivity contribution in [3.05, 3.63) is 90.0 Å². The number of primary amides is 1. The molecular weight excluding hydrogens is 909 g/mol. The fourth-order valence-corrected chi connectivity index (χ4v) is 6.01. The van der Waals surface area contributed by atoms with Crippen molar-refractivity contribution in [3.8, 4) is 0 Å². The van der Waals surface area contributed by atoms with Crippen LogP contribution in [0, 0.1) is 21.6 Å². The smallest absolute Gasteiger partial charge is 0.270 e. The molecule has 31 nitrogen and oxygen atoms in total. The number of nitrogens with one attached hydrogen (secondary N) is 15. The summed E-state index contributed by atoms with van der Waals surface area (Å²) in [5.74, 6) is -13.8. The number of para-hydroxylation sites is 2. The van der Waals surface area contributed by atoms with E-state index in [4.69, 9.17) is 56.0 Å². The summed E-state index contributed by atoms with van der Waals surface area (Å²) in [6, 6.07) is 18.9. The Morgan fingerprint density at radius 3 is 1.20 bits per heavy atom. The number of fused-ring (bicyclic) bond motifs is 2. The molecule has 8 amide bonds. The van der Waals surface area contributed by atoms with Crippen molar-refractivity contribution < 1.29 is 43.5 Å². The minimum Gasteiger partial charge on any atom is -0.370 e. The van der Waals surface area contributed by atoms with Crippen molar-refractivity contribution >= 4 is 92.9 Å². The number of pyridine rings is 1. The third-order valence-corrected chi connectivity index (χ3v) is 9.01. The maximum absolute atomic E-state index is 14.0. The Hall–Kier alpha value is -9.91. The van der Waals surface area contributed by atoms with Crippen LogP contribution in [0.3, 0.4) is 0 Å². The zero-order chi connectivity index (χ0) is 51.1. The van der Waals surface area contributed by atoms with Crippen molar-refractivity contribution in [2.24, 2.45) is 34.4 Å². The number of hydrogen-bond acceptors (Lipinski definition) is 15. The lowest BCUT2D eigenvalue weighted by atomic mass is 10.0. The van der Waals surface area contributed by atoms with Gasteiger partial charge in [-0.1, -0.05) is 66.7 Å². The Bertz CT molecular complexity index is 2630. The van der Waals surface area contributed by atoms with Gasteiger partial charge < -0.3 is 98.0 Å². The first-order valence-electron chi connectivity index (χ1n) is 19.7. The summed E-state index contributed by atoms with van der Waals surface area (Å²) in [6.07, 6.45) is -12.4. The number of benzene rings is 3. The van der Waals surface area contributed by atoms with Crippen LogP contribution in [0.15, 0.2) is 78.9 Å². The number of hydrogen-bond donors (Lipinski definition) is 22. The van der Waals surface area contributed by atoms with E-state index in [9.17, 15) is 43.5 Å². The van der Waals surface area contributed by atoms with Gasteiger partial charge in [0, 0.05) is 10.8 Å². The fourth-order valence-electron chi connectivity index (χ4n) is 6.01. The minimum absolute atomic E-state index is 0.0710. The molecule has 4 aromatic rings. The average molecular weight is 957 g/mol. The van der Waals surface area contributed by atoms with Crippen LogP contribution in [0.25, 0.3) is 21.8 Å². The lowest BCUT2D eigenvalue weighted by molar-refractivity contribution is -0.137. The summed E-state index contributed by atoms with van der Waals surface area (Å²) < 4.78 is 0. The quantitative estimate of drug-likeness (QED) is 0.0169. The van der Waals surface area contributed by atoms with E-state index in [-0.39, 0.29) is 11.1 Å². The fraction of sp³-hybridized carbons (Fsp3) is 0.184. The lowest BCUT2D eigenvalue weighted by Crippen LogP contribution is -2.69. The number of aliphatic hydroxyl groups is 1. The molecule has 7 atom stereocenters. The van der Waals surface area contributed by atoms with Gasteiger partial charge in [-0.3, -0.25) is 60.0 Å². The molecule has 0 aliphatic rings. The summed E-state index contributed by atoms with van der Waals surface area (Å²) in [6.45, 7) is 0. The highest BCUT2D eigenvalue weighted by molar-refractivity contribution is 6.17. The zero-order valence-corrected chi connectivity index (χ0v) is 35.7. The molecule has 3 aromatic carbocycles. The van der Waals surface area contributed by atoms with Gasteiger partial charge >= 0.3 is 0 Å². The van der Waals surface area contributed by atoms with Crippen LogP contribution in [-0.2, 0) is 33.6 Å². The zero-order valence-electron chi connectivity index (χ0n) is 35.7. The van der Waals surface area contributed by atoms with E-state index in [0.717, 1.165) is 0 Å². The van der Waals surface area contributed by atoms with E-state index in [1.165, 1.54) is 24.3 Å². The molecular formula is C38H48N22O9. The van der Waals surface area contributed by atoms with Crippen LogP contribution in [0.5, 0.6) is 0 Å². The van der Waals surface area contributed by atoms with E-state index in [2.05, 4.69) is 36.9 Å². The molecule has 28 N–H and O–H groups in total. The maximum atomic E-state index is 14.0. The number of carbonyl (C=O) groups excluding carboxylic acids is 8. The molecule has 69 heavy (non-hydrogen) atoms. The Labute approximate surface area is 388 Å². The van der Waals surface area contributed by atoms with Gasteiger partial charge in [0.1, 0.15) is 6.04 Å². The van der Waals surface area contributed by atoms with Crippen LogP contribution in [0.4, 0.5) is 0 Å². The third kappa shape index (κ3) is 14.5. The normalized spacial score (nSPS) is 13.7. The van der Waals surface area contributed by atoms with Gasteiger partial charge in [0.15, 0.2) is 54.7 Å². The van der Waals surface area contributed by atoms with E-state index >= 15 is 0 Å². The molecule has 364 valence electrons. The van der Waals surface area contributed by atoms with E-state index < -0.39 is 114 Å². The number of aromatic nitrogens is 1. The van der Waals surface area contributed by atoms with Crippen molar-refractivity contribution in [2.45, 2.75) is 43.1 Å². The molecule has 31 heteroatoms. The highest BCUT2D eigenvalue weighted by Gasteiger charge is 2.35. The highest BCUT2D eigenvalue weighted by Crippen LogP contribution is 2.26. The second-order valence-corrected chi connectivity index (χ2v) is 14.1. The van der Waals surface area contributed by atoms with Gasteiger partial charge in [-0.25, -0.2) is 4.98 Å². The van der Waals surface area contributed by atoms with Crippen LogP contribution in [0.2, 0.25) is 0 Å². The molecule has 0 saturated heterocycles. The van der Waals surface area contributed by atoms with Crippen LogP contribution >= 0.6 is 0 Å². The number of carbonyl (C=O) groups is 8. The van der Waals surface area contributed by atoms with E-state index in [1.54, 1.807) is 54.6 Å². The molecule has 0 fully saturated rings. The molecule has 0 bridgehead atoms. The minimum atomic E-state index is -2.27. The number of aliphatic hydroxyl groups excluding tert-OH is 1. The molecule has 0 saturated carbocycles. The van der Waals surface area contributed by atoms with Gasteiger partial charge in [0.25, 0.3) is 41.4 Å². The molecule has 4 rings (SSSR count). The summed E-state index contributed by atoms with van der Waals surface area (Å²) >= 11 is 0. The Kier molecular flexibility index (Phi) is 17.5. The SMILES string of the molecule is N=C(N)NC(NC(=O)C(NC(=N)N)NC(=O)C(NC(=N)N)NC(=O)C(NC(=N)N)NC(=O)C(NC(=O)C(O)NC(=O)c1c2ccccc2nc2ccccc12)c1ccccc1)C(=O)NC(N)C(N)=O. The molecule has 0 aliphatic heterocycles. The second kappa shape index (κ2) is 23.3. The van der Waals surface area contributed by atoms with E-state index in [1.807, 2.05) is 26.6 Å². The number of amides is 8. The van der Waals surface area contributed by atoms with Crippen molar-refractivity contribution in [2.75, 3.05) is 0 Å². The number of nitrogens with two attached hydrogens (primary N) is 6. The van der Waals surface area contributed by atoms with Gasteiger partial charge in [-0.15, -0.1) is 0 Å². The van der Waals surface area contributed by atoms with Crippen molar-refractivity contribution in [1.29, 1.82) is 21.6 Å². The van der Waals surface area contributed by atoms with E-state index in [0.29, 0.717) is 21.8 Å². The predicted molar refractivity (Wildman–Crippen MR) is 243 cm³/mol. The van der Waals surface area contributed by atoms with Gasteiger partial charge in [0.2, 0.25) is 12.1 Å². The van der Waals surface area contributed by atoms with Crippen LogP contribution < -0.4 is 92.9 Å².